The molecule has 0 aliphatic heterocycles. The van der Waals surface area contributed by atoms with Gasteiger partial charge >= 0.3 is 0 Å². The number of hydrogen-bond donors (Lipinski definition) is 0. The molecule has 0 radical (unpaired) electrons. The molecule has 0 fully saturated rings. The minimum absolute atomic E-state index is 0.292. The predicted molar refractivity (Wildman–Crippen MR) is 36.1 cm³/mol. The lowest BCUT2D eigenvalue weighted by Gasteiger charge is -1.91. The van der Waals surface area contributed by atoms with Gasteiger partial charge in [0.05, 0.1) is 12.5 Å². The van der Waals surface area contributed by atoms with E-state index in [0.29, 0.717) is 12.2 Å². The lowest BCUT2D eigenvalue weighted by atomic mass is 10.4. The van der Waals surface area contributed by atoms with Crippen molar-refractivity contribution in [3.63, 3.8) is 0 Å². The van der Waals surface area contributed by atoms with Crippen LogP contribution in [0, 0.1) is 18.3 Å². The number of aromatic nitrogens is 2. The molecule has 0 unspecified atom stereocenters. The topological polar surface area (TPSA) is 49.6 Å². The van der Waals surface area contributed by atoms with E-state index in [2.05, 4.69) is 9.97 Å². The van der Waals surface area contributed by atoms with Gasteiger partial charge in [-0.05, 0) is 12.5 Å². The van der Waals surface area contributed by atoms with Gasteiger partial charge in [0.25, 0.3) is 0 Å². The molecule has 1 rings (SSSR count). The number of rotatable bonds is 1. The summed E-state index contributed by atoms with van der Waals surface area (Å²) < 4.78 is 0. The van der Waals surface area contributed by atoms with Crippen molar-refractivity contribution < 1.29 is 0 Å². The maximum atomic E-state index is 8.26. The van der Waals surface area contributed by atoms with E-state index in [9.17, 15) is 0 Å². The third-order valence-corrected chi connectivity index (χ3v) is 1.07. The Morgan fingerprint density at radius 1 is 1.50 bits per heavy atom. The molecule has 0 aromatic carbocycles. The molecule has 50 valence electrons. The Bertz CT molecular complexity index is 245. The molecular weight excluding hydrogens is 126 g/mol. The van der Waals surface area contributed by atoms with Crippen LogP contribution in [0.15, 0.2) is 12.4 Å². The summed E-state index contributed by atoms with van der Waals surface area (Å²) in [5.74, 6) is 0.591. The van der Waals surface area contributed by atoms with Crippen molar-refractivity contribution in [2.24, 2.45) is 0 Å². The Hall–Kier alpha value is -1.43. The van der Waals surface area contributed by atoms with Crippen LogP contribution < -0.4 is 0 Å². The molecule has 0 saturated heterocycles. The van der Waals surface area contributed by atoms with Crippen molar-refractivity contribution in [1.82, 2.24) is 9.97 Å². The van der Waals surface area contributed by atoms with Crippen LogP contribution in [-0.4, -0.2) is 9.97 Å². The third-order valence-electron chi connectivity index (χ3n) is 1.07. The maximum Gasteiger partial charge on any atom is 0.142 e. The first-order chi connectivity index (χ1) is 4.83. The number of hydrogen-bond acceptors (Lipinski definition) is 3. The van der Waals surface area contributed by atoms with Crippen LogP contribution in [0.5, 0.6) is 0 Å². The lowest BCUT2D eigenvalue weighted by Crippen LogP contribution is -1.91. The minimum Gasteiger partial charge on any atom is -0.240 e. The first-order valence-electron chi connectivity index (χ1n) is 2.97. The van der Waals surface area contributed by atoms with Gasteiger partial charge in [0.2, 0.25) is 0 Å². The summed E-state index contributed by atoms with van der Waals surface area (Å²) in [6, 6.07) is 1.98. The van der Waals surface area contributed by atoms with Crippen LogP contribution in [0.25, 0.3) is 0 Å². The molecule has 1 aromatic rings. The van der Waals surface area contributed by atoms with E-state index >= 15 is 0 Å². The zero-order valence-electron chi connectivity index (χ0n) is 5.70. The quantitative estimate of drug-likeness (QED) is 0.570. The molecule has 0 saturated carbocycles. The maximum absolute atomic E-state index is 8.26. The number of nitriles is 1. The van der Waals surface area contributed by atoms with E-state index in [1.165, 1.54) is 0 Å². The Balaban J connectivity index is 2.81. The minimum atomic E-state index is 0.292. The summed E-state index contributed by atoms with van der Waals surface area (Å²) in [6.45, 7) is 1.91. The third kappa shape index (κ3) is 1.52. The van der Waals surface area contributed by atoms with Crippen LogP contribution >= 0.6 is 0 Å². The van der Waals surface area contributed by atoms with Crippen LogP contribution in [0.2, 0.25) is 0 Å². The van der Waals surface area contributed by atoms with E-state index < -0.39 is 0 Å². The van der Waals surface area contributed by atoms with Crippen molar-refractivity contribution in [3.8, 4) is 6.07 Å². The van der Waals surface area contributed by atoms with Crippen molar-refractivity contribution in [2.45, 2.75) is 13.3 Å². The van der Waals surface area contributed by atoms with E-state index in [-0.39, 0.29) is 0 Å². The molecule has 0 bridgehead atoms. The second-order valence-electron chi connectivity index (χ2n) is 2.01. The van der Waals surface area contributed by atoms with Crippen LogP contribution in [0.4, 0.5) is 0 Å². The normalized spacial score (nSPS) is 8.80. The fourth-order valence-electron chi connectivity index (χ4n) is 0.581. The largest absolute Gasteiger partial charge is 0.240 e. The summed E-state index contributed by atoms with van der Waals surface area (Å²) in [7, 11) is 0. The Morgan fingerprint density at radius 3 is 2.60 bits per heavy atom. The van der Waals surface area contributed by atoms with Crippen molar-refractivity contribution >= 4 is 0 Å². The molecule has 0 aliphatic rings. The smallest absolute Gasteiger partial charge is 0.142 e. The highest BCUT2D eigenvalue weighted by Crippen LogP contribution is 1.92. The van der Waals surface area contributed by atoms with Crippen LogP contribution in [-0.2, 0) is 6.42 Å². The van der Waals surface area contributed by atoms with Gasteiger partial charge in [-0.1, -0.05) is 0 Å². The van der Waals surface area contributed by atoms with Crippen molar-refractivity contribution in [2.75, 3.05) is 0 Å². The van der Waals surface area contributed by atoms with E-state index in [1.54, 1.807) is 12.4 Å². The molecule has 1 heterocycles. The molecule has 0 aliphatic carbocycles. The molecule has 3 nitrogen and oxygen atoms in total. The van der Waals surface area contributed by atoms with E-state index in [4.69, 9.17) is 5.26 Å². The van der Waals surface area contributed by atoms with Gasteiger partial charge in [-0.2, -0.15) is 5.26 Å². The number of aryl methyl sites for hydroxylation is 1. The van der Waals surface area contributed by atoms with E-state index in [0.717, 1.165) is 5.56 Å². The fraction of sp³-hybridized carbons (Fsp3) is 0.286. The molecule has 0 amide bonds. The van der Waals surface area contributed by atoms with Crippen molar-refractivity contribution in [3.05, 3.63) is 23.8 Å². The van der Waals surface area contributed by atoms with Gasteiger partial charge in [0.1, 0.15) is 5.82 Å². The zero-order chi connectivity index (χ0) is 7.40. The van der Waals surface area contributed by atoms with Crippen molar-refractivity contribution in [1.29, 1.82) is 5.26 Å². The van der Waals surface area contributed by atoms with Gasteiger partial charge in [-0.25, -0.2) is 9.97 Å². The molecule has 0 atom stereocenters. The highest BCUT2D eigenvalue weighted by Gasteiger charge is 1.91. The summed E-state index contributed by atoms with van der Waals surface area (Å²) >= 11 is 0. The average molecular weight is 133 g/mol. The Labute approximate surface area is 59.4 Å². The first kappa shape index (κ1) is 6.69. The highest BCUT2D eigenvalue weighted by molar-refractivity contribution is 5.04. The molecule has 0 N–H and O–H groups in total. The second-order valence-corrected chi connectivity index (χ2v) is 2.01. The first-order valence-corrected chi connectivity index (χ1v) is 2.97. The lowest BCUT2D eigenvalue weighted by molar-refractivity contribution is 0.980. The summed E-state index contributed by atoms with van der Waals surface area (Å²) in [5, 5.41) is 8.26. The standard InChI is InChI=1S/C7H7N3/c1-6-4-9-7(2-3-8)10-5-6/h4-5H,2H2,1H3. The Morgan fingerprint density at radius 2 is 2.10 bits per heavy atom. The van der Waals surface area contributed by atoms with Gasteiger partial charge in [0, 0.05) is 12.4 Å². The van der Waals surface area contributed by atoms with Gasteiger partial charge in [0.15, 0.2) is 0 Å². The van der Waals surface area contributed by atoms with Gasteiger partial charge in [-0.3, -0.25) is 0 Å². The highest BCUT2D eigenvalue weighted by atomic mass is 14.9. The molecule has 3 heteroatoms. The zero-order valence-corrected chi connectivity index (χ0v) is 5.70. The van der Waals surface area contributed by atoms with Crippen LogP contribution in [0.3, 0.4) is 0 Å². The molecule has 10 heavy (non-hydrogen) atoms. The molecule has 1 aromatic heterocycles. The predicted octanol–water partition coefficient (Wildman–Crippen LogP) is 0.851. The number of nitrogens with zero attached hydrogens (tertiary/aromatic N) is 3. The Kier molecular flexibility index (Phi) is 1.96. The molecular formula is C7H7N3. The monoisotopic (exact) mass is 133 g/mol. The summed E-state index contributed by atoms with van der Waals surface area (Å²) in [4.78, 5) is 7.87. The van der Waals surface area contributed by atoms with Gasteiger partial charge in [-0.15, -0.1) is 0 Å². The summed E-state index contributed by atoms with van der Waals surface area (Å²) in [5.41, 5.74) is 1.02. The fourth-order valence-corrected chi connectivity index (χ4v) is 0.581. The van der Waals surface area contributed by atoms with Gasteiger partial charge < -0.3 is 0 Å². The summed E-state index contributed by atoms with van der Waals surface area (Å²) in [6.07, 6.45) is 3.71. The average Bonchev–Trinajstić information content (AvgIpc) is 1.95. The molecule has 0 spiro atoms. The van der Waals surface area contributed by atoms with E-state index in [1.807, 2.05) is 13.0 Å². The SMILES string of the molecule is Cc1cnc(CC#N)nc1. The second kappa shape index (κ2) is 2.92. The van der Waals surface area contributed by atoms with Crippen LogP contribution in [0.1, 0.15) is 11.4 Å².